The van der Waals surface area contributed by atoms with Crippen LogP contribution in [0.2, 0.25) is 0 Å². The predicted octanol–water partition coefficient (Wildman–Crippen LogP) is 1.25. The zero-order valence-electron chi connectivity index (χ0n) is 12.8. The summed E-state index contributed by atoms with van der Waals surface area (Å²) in [7, 11) is 5.98. The van der Waals surface area contributed by atoms with Crippen molar-refractivity contribution in [1.82, 2.24) is 15.2 Å². The van der Waals surface area contributed by atoms with Gasteiger partial charge in [0, 0.05) is 20.1 Å². The Bertz CT molecular complexity index is 432. The van der Waals surface area contributed by atoms with Crippen molar-refractivity contribution in [3.8, 4) is 0 Å². The fourth-order valence-electron chi connectivity index (χ4n) is 1.75. The molecule has 1 heterocycles. The van der Waals surface area contributed by atoms with Crippen LogP contribution in [-0.4, -0.2) is 56.6 Å². The predicted molar refractivity (Wildman–Crippen MR) is 85.6 cm³/mol. The number of nitrogens with one attached hydrogen (secondary N) is 1. The number of anilines is 2. The van der Waals surface area contributed by atoms with E-state index in [9.17, 15) is 4.79 Å². The monoisotopic (exact) mass is 299 g/mol. The number of hydrogen-bond donors (Lipinski definition) is 2. The highest BCUT2D eigenvalue weighted by molar-refractivity contribution is 7.18. The minimum Gasteiger partial charge on any atom is -0.382 e. The van der Waals surface area contributed by atoms with Crippen LogP contribution in [-0.2, 0) is 0 Å². The molecule has 0 aliphatic heterocycles. The number of hydrogen-bond acceptors (Lipinski definition) is 6. The Morgan fingerprint density at radius 1 is 1.35 bits per heavy atom. The van der Waals surface area contributed by atoms with Gasteiger partial charge in [-0.3, -0.25) is 4.79 Å². The van der Waals surface area contributed by atoms with E-state index < -0.39 is 0 Å². The van der Waals surface area contributed by atoms with Gasteiger partial charge in [0.1, 0.15) is 10.7 Å². The summed E-state index contributed by atoms with van der Waals surface area (Å²) >= 11 is 1.35. The fourth-order valence-corrected chi connectivity index (χ4v) is 2.64. The number of aromatic nitrogens is 1. The molecule has 1 amide bonds. The Morgan fingerprint density at radius 3 is 2.65 bits per heavy atom. The largest absolute Gasteiger partial charge is 0.382 e. The molecule has 0 spiro atoms. The third-order valence-corrected chi connectivity index (χ3v) is 3.99. The molecule has 3 N–H and O–H groups in total. The van der Waals surface area contributed by atoms with Crippen LogP contribution in [0, 0.1) is 0 Å². The number of carbonyl (C=O) groups is 1. The lowest BCUT2D eigenvalue weighted by molar-refractivity contribution is 0.0957. The number of carbonyl (C=O) groups excluding carboxylic acids is 1. The van der Waals surface area contributed by atoms with Crippen LogP contribution in [0.4, 0.5) is 10.9 Å². The molecule has 0 saturated heterocycles. The summed E-state index contributed by atoms with van der Waals surface area (Å²) in [5, 5.41) is 3.68. The summed E-state index contributed by atoms with van der Waals surface area (Å²) in [6.45, 7) is 4.60. The third kappa shape index (κ3) is 4.97. The summed E-state index contributed by atoms with van der Waals surface area (Å²) in [5.74, 6) is 0.188. The minimum absolute atomic E-state index is 0.130. The first-order valence-corrected chi connectivity index (χ1v) is 7.67. The second-order valence-electron chi connectivity index (χ2n) is 5.05. The lowest BCUT2D eigenvalue weighted by atomic mass is 10.4. The van der Waals surface area contributed by atoms with Crippen LogP contribution in [0.5, 0.6) is 0 Å². The van der Waals surface area contributed by atoms with Gasteiger partial charge in [-0.15, -0.1) is 0 Å². The molecule has 7 heteroatoms. The van der Waals surface area contributed by atoms with Crippen LogP contribution >= 0.6 is 11.3 Å². The number of amides is 1. The molecule has 20 heavy (non-hydrogen) atoms. The standard InChI is InChI=1S/C13H25N5OS/c1-5-8-18(4)13-16-11(14)10(20-13)12(19)15-7-6-9-17(2)3/h5-9,14H2,1-4H3,(H,15,19). The number of thiazole rings is 1. The van der Waals surface area contributed by atoms with Crippen molar-refractivity contribution in [1.29, 1.82) is 0 Å². The van der Waals surface area contributed by atoms with E-state index in [1.165, 1.54) is 11.3 Å². The highest BCUT2D eigenvalue weighted by Crippen LogP contribution is 2.27. The van der Waals surface area contributed by atoms with Crippen molar-refractivity contribution >= 4 is 28.2 Å². The highest BCUT2D eigenvalue weighted by atomic mass is 32.1. The van der Waals surface area contributed by atoms with E-state index in [1.54, 1.807) is 0 Å². The van der Waals surface area contributed by atoms with Gasteiger partial charge >= 0.3 is 0 Å². The van der Waals surface area contributed by atoms with Crippen molar-refractivity contribution in [2.45, 2.75) is 19.8 Å². The molecule has 6 nitrogen and oxygen atoms in total. The number of nitrogen functional groups attached to an aromatic ring is 1. The zero-order chi connectivity index (χ0) is 15.1. The van der Waals surface area contributed by atoms with Crippen LogP contribution in [0.3, 0.4) is 0 Å². The second-order valence-corrected chi connectivity index (χ2v) is 6.02. The average Bonchev–Trinajstić information content (AvgIpc) is 2.77. The molecule has 0 aliphatic carbocycles. The molecule has 114 valence electrons. The molecule has 0 saturated carbocycles. The first kappa shape index (κ1) is 16.7. The fraction of sp³-hybridized carbons (Fsp3) is 0.692. The van der Waals surface area contributed by atoms with Crippen LogP contribution < -0.4 is 16.0 Å². The van der Waals surface area contributed by atoms with Gasteiger partial charge in [0.2, 0.25) is 0 Å². The van der Waals surface area contributed by atoms with Gasteiger partial charge in [-0.2, -0.15) is 0 Å². The molecule has 0 atom stereocenters. The van der Waals surface area contributed by atoms with Crippen molar-refractivity contribution < 1.29 is 4.79 Å². The molecule has 0 bridgehead atoms. The maximum Gasteiger partial charge on any atom is 0.265 e. The van der Waals surface area contributed by atoms with E-state index in [0.29, 0.717) is 17.2 Å². The second kappa shape index (κ2) is 8.06. The summed E-state index contributed by atoms with van der Waals surface area (Å²) in [4.78, 5) is 20.9. The SMILES string of the molecule is CCCN(C)c1nc(N)c(C(=O)NCCCN(C)C)s1. The quantitative estimate of drug-likeness (QED) is 0.707. The van der Waals surface area contributed by atoms with Gasteiger partial charge in [0.05, 0.1) is 0 Å². The summed E-state index contributed by atoms with van der Waals surface area (Å²) in [5.41, 5.74) is 5.83. The Balaban J connectivity index is 2.55. The molecule has 1 rings (SSSR count). The lowest BCUT2D eigenvalue weighted by Gasteiger charge is -2.13. The molecule has 0 unspecified atom stereocenters. The van der Waals surface area contributed by atoms with E-state index in [-0.39, 0.29) is 5.91 Å². The van der Waals surface area contributed by atoms with Gasteiger partial charge in [0.25, 0.3) is 5.91 Å². The lowest BCUT2D eigenvalue weighted by Crippen LogP contribution is -2.27. The van der Waals surface area contributed by atoms with Crippen molar-refractivity contribution in [2.24, 2.45) is 0 Å². The van der Waals surface area contributed by atoms with Crippen LogP contribution in [0.25, 0.3) is 0 Å². The average molecular weight is 299 g/mol. The van der Waals surface area contributed by atoms with Gasteiger partial charge in [-0.1, -0.05) is 18.3 Å². The molecule has 0 aromatic carbocycles. The molecule has 0 aliphatic rings. The molecular weight excluding hydrogens is 274 g/mol. The normalized spacial score (nSPS) is 10.8. The van der Waals surface area contributed by atoms with E-state index in [0.717, 1.165) is 31.1 Å². The van der Waals surface area contributed by atoms with E-state index in [2.05, 4.69) is 22.1 Å². The summed E-state index contributed by atoms with van der Waals surface area (Å²) in [6, 6.07) is 0. The Hall–Kier alpha value is -1.34. The smallest absolute Gasteiger partial charge is 0.265 e. The number of nitrogens with two attached hydrogens (primary N) is 1. The minimum atomic E-state index is -0.130. The maximum absolute atomic E-state index is 12.1. The summed E-state index contributed by atoms with van der Waals surface area (Å²) < 4.78 is 0. The topological polar surface area (TPSA) is 74.5 Å². The van der Waals surface area contributed by atoms with Gasteiger partial charge < -0.3 is 20.9 Å². The molecule has 0 radical (unpaired) electrons. The van der Waals surface area contributed by atoms with Crippen LogP contribution in [0.15, 0.2) is 0 Å². The third-order valence-electron chi connectivity index (χ3n) is 2.80. The Labute approximate surface area is 125 Å². The highest BCUT2D eigenvalue weighted by Gasteiger charge is 2.17. The van der Waals surface area contributed by atoms with Gasteiger partial charge in [-0.25, -0.2) is 4.98 Å². The molecule has 1 aromatic rings. The van der Waals surface area contributed by atoms with Crippen molar-refractivity contribution in [2.75, 3.05) is 51.4 Å². The van der Waals surface area contributed by atoms with Crippen LogP contribution in [0.1, 0.15) is 29.4 Å². The zero-order valence-corrected chi connectivity index (χ0v) is 13.6. The molecule has 0 fully saturated rings. The number of nitrogens with zero attached hydrogens (tertiary/aromatic N) is 3. The number of rotatable bonds is 8. The molecular formula is C13H25N5OS. The van der Waals surface area contributed by atoms with Gasteiger partial charge in [0.15, 0.2) is 5.13 Å². The van der Waals surface area contributed by atoms with E-state index in [1.807, 2.05) is 26.0 Å². The van der Waals surface area contributed by atoms with Crippen molar-refractivity contribution in [3.05, 3.63) is 4.88 Å². The first-order chi connectivity index (χ1) is 9.45. The van der Waals surface area contributed by atoms with Gasteiger partial charge in [-0.05, 0) is 33.5 Å². The maximum atomic E-state index is 12.1. The summed E-state index contributed by atoms with van der Waals surface area (Å²) in [6.07, 6.45) is 1.95. The van der Waals surface area contributed by atoms with E-state index in [4.69, 9.17) is 5.73 Å². The first-order valence-electron chi connectivity index (χ1n) is 6.86. The Kier molecular flexibility index (Phi) is 6.74. The van der Waals surface area contributed by atoms with E-state index >= 15 is 0 Å². The molecule has 1 aromatic heterocycles. The Morgan fingerprint density at radius 2 is 2.05 bits per heavy atom. The van der Waals surface area contributed by atoms with Crippen molar-refractivity contribution in [3.63, 3.8) is 0 Å².